The van der Waals surface area contributed by atoms with Crippen LogP contribution < -0.4 is 5.32 Å². The zero-order valence-electron chi connectivity index (χ0n) is 18.8. The Labute approximate surface area is 183 Å². The largest absolute Gasteiger partial charge is 0.494 e. The van der Waals surface area contributed by atoms with Gasteiger partial charge in [-0.15, -0.1) is 0 Å². The number of hydrogen-bond donors (Lipinski definition) is 3. The van der Waals surface area contributed by atoms with Crippen molar-refractivity contribution in [3.05, 3.63) is 53.8 Å². The molecule has 3 aromatic rings. The number of aliphatic imine (C=N–C) groups is 1. The zero-order chi connectivity index (χ0) is 22.4. The molecule has 0 saturated carbocycles. The van der Waals surface area contributed by atoms with Gasteiger partial charge >= 0.3 is 0 Å². The van der Waals surface area contributed by atoms with Crippen LogP contribution >= 0.6 is 0 Å². The van der Waals surface area contributed by atoms with E-state index in [1.165, 1.54) is 12.3 Å². The van der Waals surface area contributed by atoms with Crippen LogP contribution in [-0.2, 0) is 0 Å². The lowest BCUT2D eigenvalue weighted by atomic mass is 9.77. The molecule has 0 atom stereocenters. The lowest BCUT2D eigenvalue weighted by Gasteiger charge is -2.53. The van der Waals surface area contributed by atoms with E-state index in [2.05, 4.69) is 54.9 Å². The van der Waals surface area contributed by atoms with E-state index in [1.54, 1.807) is 12.1 Å². The van der Waals surface area contributed by atoms with Crippen molar-refractivity contribution in [2.75, 3.05) is 12.4 Å². The normalized spacial score (nSPS) is 19.3. The summed E-state index contributed by atoms with van der Waals surface area (Å²) in [6, 6.07) is 13.0. The van der Waals surface area contributed by atoms with Crippen molar-refractivity contribution in [1.29, 1.82) is 0 Å². The highest BCUT2D eigenvalue weighted by atomic mass is 19.1. The Kier molecular flexibility index (Phi) is 5.30. The molecule has 1 fully saturated rings. The number of rotatable bonds is 4. The maximum atomic E-state index is 14.2. The number of halogens is 1. The fraction of sp³-hybridized carbons (Fsp3) is 0.400. The highest BCUT2D eigenvalue weighted by molar-refractivity contribution is 6.02. The molecular formula is C25H31FN4O. The quantitative estimate of drug-likeness (QED) is 0.464. The molecule has 0 spiro atoms. The van der Waals surface area contributed by atoms with Crippen LogP contribution in [0.1, 0.15) is 46.1 Å². The zero-order valence-corrected chi connectivity index (χ0v) is 18.8. The first-order valence-electron chi connectivity index (χ1n) is 10.7. The topological polar surface area (TPSA) is 63.6 Å². The first-order valence-corrected chi connectivity index (χ1v) is 10.7. The minimum absolute atomic E-state index is 0.0883. The molecule has 1 saturated heterocycles. The molecule has 1 aliphatic rings. The number of likely N-dealkylation sites (tertiary alicyclic amines) is 1. The lowest BCUT2D eigenvalue weighted by Crippen LogP contribution is -2.61. The molecule has 1 aliphatic heterocycles. The van der Waals surface area contributed by atoms with Gasteiger partial charge in [-0.3, -0.25) is 9.89 Å². The summed E-state index contributed by atoms with van der Waals surface area (Å²) in [7, 11) is 2.21. The van der Waals surface area contributed by atoms with E-state index in [0.717, 1.165) is 24.2 Å². The highest BCUT2D eigenvalue weighted by Gasteiger charge is 2.42. The molecule has 0 radical (unpaired) electrons. The summed E-state index contributed by atoms with van der Waals surface area (Å²) >= 11 is 0. The third kappa shape index (κ3) is 4.17. The van der Waals surface area contributed by atoms with Crippen molar-refractivity contribution in [1.82, 2.24) is 9.88 Å². The number of piperidine rings is 1. The maximum absolute atomic E-state index is 14.2. The van der Waals surface area contributed by atoms with Crippen molar-refractivity contribution in [2.24, 2.45) is 4.99 Å². The summed E-state index contributed by atoms with van der Waals surface area (Å²) in [6.45, 7) is 9.18. The third-order valence-corrected chi connectivity index (χ3v) is 6.68. The second kappa shape index (κ2) is 7.68. The monoisotopic (exact) mass is 422 g/mol. The number of H-pyrrole nitrogens is 1. The maximum Gasteiger partial charge on any atom is 0.198 e. The molecule has 31 heavy (non-hydrogen) atoms. The minimum Gasteiger partial charge on any atom is -0.494 e. The number of aromatic hydroxyl groups is 1. The molecule has 0 bridgehead atoms. The summed E-state index contributed by atoms with van der Waals surface area (Å²) in [4.78, 5) is 9.70. The number of aromatic nitrogens is 1. The Morgan fingerprint density at radius 2 is 1.74 bits per heavy atom. The summed E-state index contributed by atoms with van der Waals surface area (Å²) in [5, 5.41) is 14.2. The summed E-state index contributed by atoms with van der Waals surface area (Å²) in [5.74, 6) is -0.478. The molecular weight excluding hydrogens is 391 g/mol. The van der Waals surface area contributed by atoms with Crippen LogP contribution in [-0.4, -0.2) is 45.4 Å². The van der Waals surface area contributed by atoms with Crippen LogP contribution in [0.25, 0.3) is 10.9 Å². The van der Waals surface area contributed by atoms with Crippen LogP contribution in [0.5, 0.6) is 5.88 Å². The van der Waals surface area contributed by atoms with E-state index in [9.17, 15) is 9.50 Å². The van der Waals surface area contributed by atoms with Crippen molar-refractivity contribution in [3.8, 4) is 5.88 Å². The van der Waals surface area contributed by atoms with Gasteiger partial charge in [-0.1, -0.05) is 6.07 Å². The van der Waals surface area contributed by atoms with E-state index in [4.69, 9.17) is 0 Å². The number of benzene rings is 2. The van der Waals surface area contributed by atoms with Crippen molar-refractivity contribution in [2.45, 2.75) is 57.7 Å². The van der Waals surface area contributed by atoms with Crippen molar-refractivity contribution in [3.63, 3.8) is 0 Å². The third-order valence-electron chi connectivity index (χ3n) is 6.68. The molecule has 6 heteroatoms. The van der Waals surface area contributed by atoms with Gasteiger partial charge in [0.1, 0.15) is 5.82 Å². The van der Waals surface area contributed by atoms with E-state index in [-0.39, 0.29) is 22.8 Å². The van der Waals surface area contributed by atoms with Crippen LogP contribution in [0.3, 0.4) is 0 Å². The Morgan fingerprint density at radius 1 is 1.10 bits per heavy atom. The molecule has 4 rings (SSSR count). The van der Waals surface area contributed by atoms with E-state index in [0.29, 0.717) is 22.5 Å². The van der Waals surface area contributed by atoms with Gasteiger partial charge in [0.25, 0.3) is 0 Å². The van der Waals surface area contributed by atoms with Crippen LogP contribution in [0.15, 0.2) is 47.5 Å². The number of anilines is 1. The first kappa shape index (κ1) is 21.4. The van der Waals surface area contributed by atoms with Gasteiger partial charge in [-0.25, -0.2) is 4.39 Å². The van der Waals surface area contributed by atoms with Gasteiger partial charge in [0, 0.05) is 34.4 Å². The smallest absolute Gasteiger partial charge is 0.198 e. The molecule has 2 heterocycles. The van der Waals surface area contributed by atoms with Gasteiger partial charge in [0.05, 0.1) is 16.8 Å². The van der Waals surface area contributed by atoms with Crippen LogP contribution in [0.2, 0.25) is 0 Å². The molecule has 2 aromatic carbocycles. The fourth-order valence-corrected chi connectivity index (χ4v) is 4.83. The summed E-state index contributed by atoms with van der Waals surface area (Å²) < 4.78 is 14.2. The second-order valence-electron chi connectivity index (χ2n) is 9.79. The highest BCUT2D eigenvalue weighted by Crippen LogP contribution is 2.38. The summed E-state index contributed by atoms with van der Waals surface area (Å²) in [5.41, 5.74) is 2.94. The Morgan fingerprint density at radius 3 is 2.39 bits per heavy atom. The number of hydrogen-bond acceptors (Lipinski definition) is 4. The molecule has 0 aliphatic carbocycles. The van der Waals surface area contributed by atoms with Crippen LogP contribution in [0, 0.1) is 5.82 Å². The number of fused-ring (bicyclic) bond motifs is 1. The molecule has 1 aromatic heterocycles. The predicted molar refractivity (Wildman–Crippen MR) is 126 cm³/mol. The van der Waals surface area contributed by atoms with Gasteiger partial charge in [-0.2, -0.15) is 0 Å². The SMILES string of the molecule is CN1C(C)(C)CC(Nc2ccc(N=Cc3c(O)[nH]c4cccc(F)c34)cc2)CC1(C)C. The van der Waals surface area contributed by atoms with Crippen LogP contribution in [0.4, 0.5) is 15.8 Å². The summed E-state index contributed by atoms with van der Waals surface area (Å²) in [6.07, 6.45) is 3.64. The molecule has 0 amide bonds. The average Bonchev–Trinajstić information content (AvgIpc) is 3.01. The van der Waals surface area contributed by atoms with E-state index < -0.39 is 0 Å². The van der Waals surface area contributed by atoms with E-state index in [1.807, 2.05) is 24.3 Å². The Hall–Kier alpha value is -2.86. The average molecular weight is 423 g/mol. The first-order chi connectivity index (χ1) is 14.6. The number of nitrogens with one attached hydrogen (secondary N) is 2. The number of aromatic amines is 1. The predicted octanol–water partition coefficient (Wildman–Crippen LogP) is 5.83. The van der Waals surface area contributed by atoms with E-state index >= 15 is 0 Å². The Bertz CT molecular complexity index is 1100. The molecule has 3 N–H and O–H groups in total. The van der Waals surface area contributed by atoms with Gasteiger partial charge in [-0.05, 0) is 84.0 Å². The Balaban J connectivity index is 1.49. The van der Waals surface area contributed by atoms with Crippen molar-refractivity contribution < 1.29 is 9.50 Å². The fourth-order valence-electron chi connectivity index (χ4n) is 4.83. The standard InChI is InChI=1S/C25H31FN4O/c1-24(2)13-18(14-25(3,4)30(24)5)28-17-11-9-16(10-12-17)27-15-19-22-20(26)7-6-8-21(22)29-23(19)31/h6-12,15,18,28-29,31H,13-14H2,1-5H3. The lowest BCUT2D eigenvalue weighted by molar-refractivity contribution is -0.00767. The molecule has 5 nitrogen and oxygen atoms in total. The van der Waals surface area contributed by atoms with Gasteiger partial charge < -0.3 is 15.4 Å². The van der Waals surface area contributed by atoms with Gasteiger partial charge in [0.15, 0.2) is 5.88 Å². The van der Waals surface area contributed by atoms with Crippen molar-refractivity contribution >= 4 is 28.5 Å². The minimum atomic E-state index is -0.390. The second-order valence-corrected chi connectivity index (χ2v) is 9.79. The van der Waals surface area contributed by atoms with Gasteiger partial charge in [0.2, 0.25) is 0 Å². The molecule has 0 unspecified atom stereocenters. The molecule has 164 valence electrons. The number of nitrogens with zero attached hydrogens (tertiary/aromatic N) is 2.